The summed E-state index contributed by atoms with van der Waals surface area (Å²) in [6.45, 7) is 7.68. The Morgan fingerprint density at radius 1 is 1.35 bits per heavy atom. The lowest BCUT2D eigenvalue weighted by molar-refractivity contribution is 0.0909. The lowest BCUT2D eigenvalue weighted by atomic mass is 9.96. The van der Waals surface area contributed by atoms with Crippen LogP contribution in [-0.4, -0.2) is 36.5 Å². The van der Waals surface area contributed by atoms with Crippen LogP contribution in [0.5, 0.6) is 0 Å². The summed E-state index contributed by atoms with van der Waals surface area (Å²) >= 11 is 0. The molecule has 1 N–H and O–H groups in total. The first-order valence-corrected chi connectivity index (χ1v) is 8.64. The third-order valence-corrected chi connectivity index (χ3v) is 5.29. The summed E-state index contributed by atoms with van der Waals surface area (Å²) in [6, 6.07) is 6.03. The van der Waals surface area contributed by atoms with E-state index in [-0.39, 0.29) is 11.9 Å². The van der Waals surface area contributed by atoms with Crippen LogP contribution >= 0.6 is 0 Å². The summed E-state index contributed by atoms with van der Waals surface area (Å²) in [4.78, 5) is 15.1. The Kier molecular flexibility index (Phi) is 3.64. The van der Waals surface area contributed by atoms with Gasteiger partial charge in [-0.25, -0.2) is 0 Å². The van der Waals surface area contributed by atoms with Gasteiger partial charge in [-0.05, 0) is 49.4 Å². The molecule has 4 nitrogen and oxygen atoms in total. The Morgan fingerprint density at radius 3 is 3.00 bits per heavy atom. The van der Waals surface area contributed by atoms with Gasteiger partial charge in [-0.2, -0.15) is 0 Å². The normalized spacial score (nSPS) is 26.8. The van der Waals surface area contributed by atoms with Gasteiger partial charge in [0.2, 0.25) is 0 Å². The van der Waals surface area contributed by atoms with Gasteiger partial charge in [0.05, 0.1) is 6.26 Å². The fraction of sp³-hybridized carbons (Fsp3) is 0.526. The van der Waals surface area contributed by atoms with Crippen molar-refractivity contribution in [3.63, 3.8) is 0 Å². The van der Waals surface area contributed by atoms with E-state index in [9.17, 15) is 4.79 Å². The van der Waals surface area contributed by atoms with Crippen LogP contribution in [0.25, 0.3) is 11.0 Å². The number of fused-ring (bicyclic) bond motifs is 3. The van der Waals surface area contributed by atoms with Crippen molar-refractivity contribution in [2.24, 2.45) is 5.92 Å². The van der Waals surface area contributed by atoms with Gasteiger partial charge in [-0.15, -0.1) is 0 Å². The third kappa shape index (κ3) is 2.76. The molecule has 2 aliphatic heterocycles. The lowest BCUT2D eigenvalue weighted by Crippen LogP contribution is -2.47. The van der Waals surface area contributed by atoms with Crippen LogP contribution < -0.4 is 5.32 Å². The molecule has 4 rings (SSSR count). The van der Waals surface area contributed by atoms with Crippen LogP contribution in [0.2, 0.25) is 0 Å². The molecule has 1 aromatic carbocycles. The van der Waals surface area contributed by atoms with Gasteiger partial charge in [-0.3, -0.25) is 4.79 Å². The van der Waals surface area contributed by atoms with Gasteiger partial charge in [0.15, 0.2) is 0 Å². The zero-order valence-electron chi connectivity index (χ0n) is 13.8. The SMILES string of the molecule is CC(C)c1coc2ccc(C(=O)NC3CC4CCN(C4)C3)cc12. The molecule has 0 saturated carbocycles. The van der Waals surface area contributed by atoms with E-state index in [4.69, 9.17) is 4.42 Å². The van der Waals surface area contributed by atoms with Crippen molar-refractivity contribution in [3.05, 3.63) is 35.6 Å². The van der Waals surface area contributed by atoms with Crippen molar-refractivity contribution in [2.45, 2.75) is 38.6 Å². The molecule has 122 valence electrons. The summed E-state index contributed by atoms with van der Waals surface area (Å²) in [6.07, 6.45) is 4.21. The number of carbonyl (C=O) groups excluding carboxylic acids is 1. The molecule has 2 saturated heterocycles. The van der Waals surface area contributed by atoms with E-state index in [1.807, 2.05) is 24.5 Å². The molecule has 0 spiro atoms. The standard InChI is InChI=1S/C19H24N2O2/c1-12(2)17-11-23-18-4-3-14(8-16(17)18)19(22)20-15-7-13-5-6-21(9-13)10-15/h3-4,8,11-13,15H,5-7,9-10H2,1-2H3,(H,20,22). The second-order valence-corrected chi connectivity index (χ2v) is 7.38. The summed E-state index contributed by atoms with van der Waals surface area (Å²) in [7, 11) is 0. The Morgan fingerprint density at radius 2 is 2.22 bits per heavy atom. The third-order valence-electron chi connectivity index (χ3n) is 5.29. The minimum atomic E-state index is 0.0373. The second-order valence-electron chi connectivity index (χ2n) is 7.38. The summed E-state index contributed by atoms with van der Waals surface area (Å²) < 4.78 is 5.59. The van der Waals surface area contributed by atoms with Crippen molar-refractivity contribution in [1.29, 1.82) is 0 Å². The first-order chi connectivity index (χ1) is 11.1. The fourth-order valence-corrected chi connectivity index (χ4v) is 4.07. The highest BCUT2D eigenvalue weighted by Crippen LogP contribution is 2.29. The molecule has 2 fully saturated rings. The van der Waals surface area contributed by atoms with E-state index in [0.29, 0.717) is 5.92 Å². The van der Waals surface area contributed by atoms with E-state index in [1.54, 1.807) is 0 Å². The number of nitrogens with one attached hydrogen (secondary N) is 1. The smallest absolute Gasteiger partial charge is 0.251 e. The highest BCUT2D eigenvalue weighted by atomic mass is 16.3. The van der Waals surface area contributed by atoms with E-state index in [0.717, 1.165) is 41.0 Å². The molecular weight excluding hydrogens is 288 g/mol. The van der Waals surface area contributed by atoms with Gasteiger partial charge >= 0.3 is 0 Å². The van der Waals surface area contributed by atoms with Crippen LogP contribution in [0.4, 0.5) is 0 Å². The minimum absolute atomic E-state index is 0.0373. The van der Waals surface area contributed by atoms with Crippen molar-refractivity contribution >= 4 is 16.9 Å². The van der Waals surface area contributed by atoms with E-state index in [1.165, 1.54) is 19.5 Å². The molecule has 2 aromatic rings. The zero-order valence-corrected chi connectivity index (χ0v) is 13.8. The van der Waals surface area contributed by atoms with Crippen molar-refractivity contribution in [2.75, 3.05) is 19.6 Å². The van der Waals surface area contributed by atoms with Gasteiger partial charge in [0, 0.05) is 35.6 Å². The summed E-state index contributed by atoms with van der Waals surface area (Å²) in [5.41, 5.74) is 2.75. The molecule has 3 unspecified atom stereocenters. The maximum Gasteiger partial charge on any atom is 0.251 e. The minimum Gasteiger partial charge on any atom is -0.464 e. The van der Waals surface area contributed by atoms with Crippen molar-refractivity contribution in [1.82, 2.24) is 10.2 Å². The fourth-order valence-electron chi connectivity index (χ4n) is 4.07. The Labute approximate surface area is 136 Å². The second kappa shape index (κ2) is 5.68. The molecule has 1 amide bonds. The Bertz CT molecular complexity index is 722. The molecule has 1 aromatic heterocycles. The van der Waals surface area contributed by atoms with Crippen LogP contribution in [0, 0.1) is 5.92 Å². The number of nitrogens with zero attached hydrogens (tertiary/aromatic N) is 1. The number of carbonyl (C=O) groups is 1. The Balaban J connectivity index is 1.54. The molecule has 3 atom stereocenters. The average molecular weight is 312 g/mol. The highest BCUT2D eigenvalue weighted by molar-refractivity contribution is 5.98. The molecule has 2 bridgehead atoms. The number of hydrogen-bond acceptors (Lipinski definition) is 3. The monoisotopic (exact) mass is 312 g/mol. The van der Waals surface area contributed by atoms with E-state index < -0.39 is 0 Å². The molecule has 2 aliphatic rings. The zero-order chi connectivity index (χ0) is 16.0. The quantitative estimate of drug-likeness (QED) is 0.945. The van der Waals surface area contributed by atoms with Crippen LogP contribution in [-0.2, 0) is 0 Å². The van der Waals surface area contributed by atoms with Crippen LogP contribution in [0.1, 0.15) is 48.5 Å². The number of amides is 1. The van der Waals surface area contributed by atoms with E-state index in [2.05, 4.69) is 24.1 Å². The highest BCUT2D eigenvalue weighted by Gasteiger charge is 2.33. The first-order valence-electron chi connectivity index (χ1n) is 8.64. The predicted octanol–water partition coefficient (Wildman–Crippen LogP) is 3.38. The first kappa shape index (κ1) is 14.8. The number of furan rings is 1. The maximum absolute atomic E-state index is 12.6. The van der Waals surface area contributed by atoms with Crippen molar-refractivity contribution in [3.8, 4) is 0 Å². The topological polar surface area (TPSA) is 45.5 Å². The van der Waals surface area contributed by atoms with Crippen molar-refractivity contribution < 1.29 is 9.21 Å². The number of rotatable bonds is 3. The predicted molar refractivity (Wildman–Crippen MR) is 90.7 cm³/mol. The lowest BCUT2D eigenvalue weighted by Gasteiger charge is -2.30. The summed E-state index contributed by atoms with van der Waals surface area (Å²) in [5, 5.41) is 4.29. The average Bonchev–Trinajstić information content (AvgIpc) is 3.09. The van der Waals surface area contributed by atoms with Crippen LogP contribution in [0.15, 0.2) is 28.9 Å². The van der Waals surface area contributed by atoms with Gasteiger partial charge in [0.1, 0.15) is 5.58 Å². The van der Waals surface area contributed by atoms with E-state index >= 15 is 0 Å². The van der Waals surface area contributed by atoms with Gasteiger partial charge in [-0.1, -0.05) is 13.8 Å². The molecule has 4 heteroatoms. The largest absolute Gasteiger partial charge is 0.464 e. The molecule has 3 heterocycles. The van der Waals surface area contributed by atoms with Gasteiger partial charge in [0.25, 0.3) is 5.91 Å². The molecule has 0 aliphatic carbocycles. The van der Waals surface area contributed by atoms with Crippen LogP contribution in [0.3, 0.4) is 0 Å². The number of piperidine rings is 1. The molecule has 23 heavy (non-hydrogen) atoms. The Hall–Kier alpha value is -1.81. The number of hydrogen-bond donors (Lipinski definition) is 1. The van der Waals surface area contributed by atoms with Gasteiger partial charge < -0.3 is 14.6 Å². The molecular formula is C19H24N2O2. The number of benzene rings is 1. The summed E-state index contributed by atoms with van der Waals surface area (Å²) in [5.74, 6) is 1.18. The maximum atomic E-state index is 12.6. The molecule has 0 radical (unpaired) electrons.